The van der Waals surface area contributed by atoms with Crippen molar-refractivity contribution in [1.82, 2.24) is 0 Å². The van der Waals surface area contributed by atoms with Crippen molar-refractivity contribution in [1.29, 1.82) is 5.26 Å². The van der Waals surface area contributed by atoms with Crippen LogP contribution in [0.25, 0.3) is 0 Å². The number of carbonyl (C=O) groups is 2. The maximum atomic E-state index is 12.5. The average molecular weight is 440 g/mol. The van der Waals surface area contributed by atoms with E-state index < -0.39 is 34.6 Å². The van der Waals surface area contributed by atoms with Gasteiger partial charge < -0.3 is 14.6 Å². The second-order valence-corrected chi connectivity index (χ2v) is 8.07. The van der Waals surface area contributed by atoms with Gasteiger partial charge in [0.2, 0.25) is 0 Å². The van der Waals surface area contributed by atoms with E-state index in [1.54, 1.807) is 50.2 Å². The Bertz CT molecular complexity index is 1040. The van der Waals surface area contributed by atoms with E-state index in [1.807, 2.05) is 18.2 Å². The Morgan fingerprint density at radius 3 is 2.48 bits per heavy atom. The summed E-state index contributed by atoms with van der Waals surface area (Å²) in [6.45, 7) is 3.55. The minimum atomic E-state index is -1.41. The summed E-state index contributed by atoms with van der Waals surface area (Å²) in [5.74, 6) is -2.14. The SMILES string of the molecule is CC1(C)[C@H](/C=C\C(=O)OCCl)[C@@]1(C(=O)O)[C@@H](C#N)c1cccc(Oc2ccccc2)c1. The van der Waals surface area contributed by atoms with Crippen molar-refractivity contribution in [3.8, 4) is 17.6 Å². The van der Waals surface area contributed by atoms with Crippen molar-refractivity contribution in [2.24, 2.45) is 16.7 Å². The van der Waals surface area contributed by atoms with Crippen LogP contribution in [0.2, 0.25) is 0 Å². The van der Waals surface area contributed by atoms with Gasteiger partial charge in [-0.15, -0.1) is 0 Å². The second-order valence-electron chi connectivity index (χ2n) is 7.85. The van der Waals surface area contributed by atoms with Gasteiger partial charge in [0.05, 0.1) is 12.0 Å². The molecule has 0 heterocycles. The third-order valence-corrected chi connectivity index (χ3v) is 6.09. The molecular formula is C24H22ClNO5. The number of aliphatic carboxylic acids is 1. The third-order valence-electron chi connectivity index (χ3n) is 5.98. The van der Waals surface area contributed by atoms with Gasteiger partial charge in [-0.1, -0.05) is 61.9 Å². The van der Waals surface area contributed by atoms with Crippen LogP contribution in [0.3, 0.4) is 0 Å². The van der Waals surface area contributed by atoms with Gasteiger partial charge in [-0.25, -0.2) is 4.79 Å². The Kier molecular flexibility index (Phi) is 6.37. The topological polar surface area (TPSA) is 96.6 Å². The van der Waals surface area contributed by atoms with Crippen molar-refractivity contribution in [2.45, 2.75) is 19.8 Å². The smallest absolute Gasteiger partial charge is 0.331 e. The van der Waals surface area contributed by atoms with E-state index in [0.717, 1.165) is 0 Å². The fraction of sp³-hybridized carbons (Fsp3) is 0.292. The molecule has 0 aromatic heterocycles. The second kappa shape index (κ2) is 8.83. The normalized spacial score (nSPS) is 22.3. The van der Waals surface area contributed by atoms with E-state index in [0.29, 0.717) is 17.1 Å². The van der Waals surface area contributed by atoms with Crippen LogP contribution in [0.15, 0.2) is 66.7 Å². The summed E-state index contributed by atoms with van der Waals surface area (Å²) < 4.78 is 10.5. The number of nitriles is 1. The zero-order chi connectivity index (χ0) is 22.6. The molecule has 1 aliphatic rings. The maximum Gasteiger partial charge on any atom is 0.331 e. The number of nitrogens with zero attached hydrogens (tertiary/aromatic N) is 1. The van der Waals surface area contributed by atoms with Gasteiger partial charge in [0, 0.05) is 12.0 Å². The molecule has 3 rings (SSSR count). The fourth-order valence-corrected chi connectivity index (χ4v) is 4.52. The molecule has 0 amide bonds. The maximum absolute atomic E-state index is 12.5. The Labute approximate surface area is 185 Å². The van der Waals surface area contributed by atoms with Gasteiger partial charge in [-0.05, 0) is 35.2 Å². The molecule has 160 valence electrons. The van der Waals surface area contributed by atoms with Crippen LogP contribution in [0.1, 0.15) is 25.3 Å². The number of esters is 1. The quantitative estimate of drug-likeness (QED) is 0.349. The van der Waals surface area contributed by atoms with Gasteiger partial charge in [-0.2, -0.15) is 5.26 Å². The molecule has 1 aliphatic carbocycles. The zero-order valence-corrected chi connectivity index (χ0v) is 17.9. The van der Waals surface area contributed by atoms with Crippen LogP contribution in [0, 0.1) is 28.1 Å². The lowest BCUT2D eigenvalue weighted by atomic mass is 9.78. The average Bonchev–Trinajstić information content (AvgIpc) is 3.24. The Morgan fingerprint density at radius 1 is 1.19 bits per heavy atom. The molecule has 2 aromatic rings. The molecule has 0 saturated heterocycles. The van der Waals surface area contributed by atoms with Crippen LogP contribution in [0.5, 0.6) is 11.5 Å². The number of allylic oxidation sites excluding steroid dienone is 1. The lowest BCUT2D eigenvalue weighted by Crippen LogP contribution is -2.28. The van der Waals surface area contributed by atoms with Crippen molar-refractivity contribution in [2.75, 3.05) is 6.07 Å². The van der Waals surface area contributed by atoms with Crippen molar-refractivity contribution in [3.05, 3.63) is 72.3 Å². The number of carbonyl (C=O) groups excluding carboxylic acids is 1. The minimum absolute atomic E-state index is 0.295. The molecule has 1 fully saturated rings. The van der Waals surface area contributed by atoms with Gasteiger partial charge in [0.25, 0.3) is 0 Å². The first kappa shape index (κ1) is 22.4. The van der Waals surface area contributed by atoms with E-state index in [2.05, 4.69) is 10.8 Å². The first-order chi connectivity index (χ1) is 14.8. The van der Waals surface area contributed by atoms with Crippen molar-refractivity contribution < 1.29 is 24.2 Å². The number of hydrogen-bond donors (Lipinski definition) is 1. The highest BCUT2D eigenvalue weighted by Crippen LogP contribution is 2.75. The fourth-order valence-electron chi connectivity index (χ4n) is 4.41. The molecule has 1 N–H and O–H groups in total. The number of hydrogen-bond acceptors (Lipinski definition) is 5. The number of halogens is 1. The van der Waals surface area contributed by atoms with E-state index in [4.69, 9.17) is 16.3 Å². The number of benzene rings is 2. The predicted octanol–water partition coefficient (Wildman–Crippen LogP) is 5.11. The summed E-state index contributed by atoms with van der Waals surface area (Å²) in [7, 11) is 0. The van der Waals surface area contributed by atoms with Crippen LogP contribution in [-0.2, 0) is 14.3 Å². The molecule has 7 heteroatoms. The third kappa shape index (κ3) is 4.01. The largest absolute Gasteiger partial charge is 0.481 e. The van der Waals surface area contributed by atoms with Crippen molar-refractivity contribution in [3.63, 3.8) is 0 Å². The van der Waals surface area contributed by atoms with Gasteiger partial charge >= 0.3 is 11.9 Å². The van der Waals surface area contributed by atoms with E-state index in [-0.39, 0.29) is 6.07 Å². The number of alkyl halides is 1. The molecule has 0 aliphatic heterocycles. The van der Waals surface area contributed by atoms with E-state index in [1.165, 1.54) is 12.2 Å². The van der Waals surface area contributed by atoms with E-state index in [9.17, 15) is 20.0 Å². The number of para-hydroxylation sites is 1. The molecule has 0 radical (unpaired) electrons. The molecule has 0 spiro atoms. The number of rotatable bonds is 8. The molecule has 31 heavy (non-hydrogen) atoms. The van der Waals surface area contributed by atoms with Gasteiger partial charge in [0.15, 0.2) is 6.07 Å². The molecule has 2 aromatic carbocycles. The minimum Gasteiger partial charge on any atom is -0.481 e. The van der Waals surface area contributed by atoms with Crippen LogP contribution in [-0.4, -0.2) is 23.1 Å². The summed E-state index contributed by atoms with van der Waals surface area (Å²) in [4.78, 5) is 24.1. The summed E-state index contributed by atoms with van der Waals surface area (Å²) in [5, 5.41) is 20.2. The molecule has 0 bridgehead atoms. The van der Waals surface area contributed by atoms with Crippen LogP contribution < -0.4 is 4.74 Å². The lowest BCUT2D eigenvalue weighted by Gasteiger charge is -2.22. The molecule has 3 atom stereocenters. The highest BCUT2D eigenvalue weighted by molar-refractivity contribution is 6.17. The van der Waals surface area contributed by atoms with Gasteiger partial charge in [-0.3, -0.25) is 4.79 Å². The summed E-state index contributed by atoms with van der Waals surface area (Å²) in [5.41, 5.74) is -1.65. The summed E-state index contributed by atoms with van der Waals surface area (Å²) in [6, 6.07) is 17.9. The molecule has 0 unspecified atom stereocenters. The first-order valence-corrected chi connectivity index (χ1v) is 10.2. The lowest BCUT2D eigenvalue weighted by molar-refractivity contribution is -0.145. The monoisotopic (exact) mass is 439 g/mol. The summed E-state index contributed by atoms with van der Waals surface area (Å²) >= 11 is 5.39. The first-order valence-electron chi connectivity index (χ1n) is 9.65. The number of carboxylic acids is 1. The highest BCUT2D eigenvalue weighted by atomic mass is 35.5. The molecule has 1 saturated carbocycles. The van der Waals surface area contributed by atoms with Gasteiger partial charge in [0.1, 0.15) is 16.9 Å². The van der Waals surface area contributed by atoms with Crippen molar-refractivity contribution >= 4 is 23.5 Å². The Hall–Kier alpha value is -3.30. The molecular weight excluding hydrogens is 418 g/mol. The predicted molar refractivity (Wildman–Crippen MR) is 115 cm³/mol. The highest BCUT2D eigenvalue weighted by Gasteiger charge is 2.78. The van der Waals surface area contributed by atoms with E-state index >= 15 is 0 Å². The number of carboxylic acid groups (broad SMARTS) is 1. The van der Waals surface area contributed by atoms with Crippen LogP contribution >= 0.6 is 11.6 Å². The Morgan fingerprint density at radius 2 is 1.87 bits per heavy atom. The standard InChI is InChI=1S/C24H22ClNO5/c1-23(2)20(11-12-21(27)30-15-25)24(23,22(28)29)19(14-26)16-7-6-10-18(13-16)31-17-8-4-3-5-9-17/h3-13,19-20H,15H2,1-2H3,(H,28,29)/b12-11-/t19-,20-,24+/m0/s1. The summed E-state index contributed by atoms with van der Waals surface area (Å²) in [6.07, 6.45) is 2.67. The molecule has 6 nitrogen and oxygen atoms in total. The number of ether oxygens (including phenoxy) is 2. The van der Waals surface area contributed by atoms with Crippen LogP contribution in [0.4, 0.5) is 0 Å². The Balaban J connectivity index is 1.96. The zero-order valence-electron chi connectivity index (χ0n) is 17.1.